The number of rotatable bonds is 3. The first-order valence-corrected chi connectivity index (χ1v) is 7.92. The fraction of sp³-hybridized carbons (Fsp3) is 0.500. The van der Waals surface area contributed by atoms with Crippen LogP contribution in [0.4, 0.5) is 0 Å². The minimum atomic E-state index is -0.854. The summed E-state index contributed by atoms with van der Waals surface area (Å²) in [5.41, 5.74) is 2.66. The number of carboxylic acid groups (broad SMARTS) is 1. The van der Waals surface area contributed by atoms with Gasteiger partial charge in [-0.2, -0.15) is 0 Å². The van der Waals surface area contributed by atoms with Gasteiger partial charge in [0.2, 0.25) is 0 Å². The van der Waals surface area contributed by atoms with Crippen LogP contribution in [0, 0.1) is 12.8 Å². The van der Waals surface area contributed by atoms with Crippen molar-refractivity contribution >= 4 is 29.3 Å². The van der Waals surface area contributed by atoms with Crippen molar-refractivity contribution in [2.24, 2.45) is 5.92 Å². The number of aromatic nitrogens is 1. The largest absolute Gasteiger partial charge is 0.478 e. The number of hydrogen-bond acceptors (Lipinski definition) is 1. The summed E-state index contributed by atoms with van der Waals surface area (Å²) in [5.74, 6) is -0.144. The summed E-state index contributed by atoms with van der Waals surface area (Å²) in [6, 6.07) is 5.90. The van der Waals surface area contributed by atoms with E-state index in [2.05, 4.69) is 24.6 Å². The third kappa shape index (κ3) is 3.00. The van der Waals surface area contributed by atoms with Crippen molar-refractivity contribution in [2.45, 2.75) is 52.0 Å². The first-order valence-electron chi connectivity index (χ1n) is 7.92. The highest BCUT2D eigenvalue weighted by atomic mass is 35.5. The molecule has 0 aliphatic heterocycles. The maximum atomic E-state index is 11.2. The van der Waals surface area contributed by atoms with Gasteiger partial charge in [0.05, 0.1) is 5.56 Å². The smallest absolute Gasteiger partial charge is 0.335 e. The second-order valence-electron chi connectivity index (χ2n) is 6.40. The standard InChI is InChI=1S/C18H23NO2.ClH/c1-12-11-19(13(2)14-6-4-3-5-7-14)17-10-15(18(20)21)8-9-16(12)17;/h8-11,13-14H,3-7H2,1-2H3,(H,20,21);1H. The first kappa shape index (κ1) is 16.9. The maximum Gasteiger partial charge on any atom is 0.335 e. The lowest BCUT2D eigenvalue weighted by Crippen LogP contribution is -2.18. The molecule has 2 aromatic rings. The monoisotopic (exact) mass is 321 g/mol. The summed E-state index contributed by atoms with van der Waals surface area (Å²) in [6.07, 6.45) is 8.78. The lowest BCUT2D eigenvalue weighted by atomic mass is 9.84. The van der Waals surface area contributed by atoms with Crippen LogP contribution in [0.5, 0.6) is 0 Å². The van der Waals surface area contributed by atoms with E-state index in [-0.39, 0.29) is 12.4 Å². The average molecular weight is 322 g/mol. The average Bonchev–Trinajstić information content (AvgIpc) is 2.84. The molecular formula is C18H24ClNO2. The molecule has 3 rings (SSSR count). The normalized spacial score (nSPS) is 17.2. The molecule has 1 aliphatic rings. The van der Waals surface area contributed by atoms with E-state index in [0.29, 0.717) is 17.5 Å². The number of aromatic carboxylic acids is 1. The summed E-state index contributed by atoms with van der Waals surface area (Å²) in [7, 11) is 0. The molecule has 0 radical (unpaired) electrons. The molecular weight excluding hydrogens is 298 g/mol. The van der Waals surface area contributed by atoms with Crippen LogP contribution in [0.1, 0.15) is 61.0 Å². The highest BCUT2D eigenvalue weighted by molar-refractivity contribution is 5.94. The summed E-state index contributed by atoms with van der Waals surface area (Å²) >= 11 is 0. The molecule has 1 N–H and O–H groups in total. The minimum absolute atomic E-state index is 0. The number of aryl methyl sites for hydroxylation is 1. The third-order valence-electron chi connectivity index (χ3n) is 5.05. The van der Waals surface area contributed by atoms with Crippen molar-refractivity contribution in [1.82, 2.24) is 4.57 Å². The van der Waals surface area contributed by atoms with E-state index in [1.165, 1.54) is 43.1 Å². The topological polar surface area (TPSA) is 42.2 Å². The molecule has 1 aliphatic carbocycles. The van der Waals surface area contributed by atoms with Crippen LogP contribution < -0.4 is 0 Å². The van der Waals surface area contributed by atoms with Gasteiger partial charge in [0.25, 0.3) is 0 Å². The number of benzene rings is 1. The first-order chi connectivity index (χ1) is 10.1. The Hall–Kier alpha value is -1.48. The van der Waals surface area contributed by atoms with Crippen molar-refractivity contribution in [2.75, 3.05) is 0 Å². The molecule has 1 fully saturated rings. The molecule has 0 bridgehead atoms. The Bertz CT molecular complexity index is 671. The number of carboxylic acids is 1. The van der Waals surface area contributed by atoms with Gasteiger partial charge in [0.1, 0.15) is 0 Å². The van der Waals surface area contributed by atoms with Crippen LogP contribution in [-0.4, -0.2) is 15.6 Å². The van der Waals surface area contributed by atoms with Crippen LogP contribution in [0.2, 0.25) is 0 Å². The predicted octanol–water partition coefficient (Wildman–Crippen LogP) is 5.21. The van der Waals surface area contributed by atoms with Crippen molar-refractivity contribution in [1.29, 1.82) is 0 Å². The molecule has 0 amide bonds. The van der Waals surface area contributed by atoms with Gasteiger partial charge in [-0.3, -0.25) is 0 Å². The van der Waals surface area contributed by atoms with Gasteiger partial charge in [-0.25, -0.2) is 4.79 Å². The molecule has 1 heterocycles. The Kier molecular flexibility index (Phi) is 5.17. The summed E-state index contributed by atoms with van der Waals surface area (Å²) in [5, 5.41) is 10.4. The van der Waals surface area contributed by atoms with E-state index in [4.69, 9.17) is 0 Å². The Morgan fingerprint density at radius 3 is 2.59 bits per heavy atom. The molecule has 1 aromatic heterocycles. The molecule has 1 unspecified atom stereocenters. The fourth-order valence-corrected chi connectivity index (χ4v) is 3.74. The van der Waals surface area contributed by atoms with Crippen LogP contribution in [0.3, 0.4) is 0 Å². The van der Waals surface area contributed by atoms with Crippen LogP contribution >= 0.6 is 12.4 Å². The maximum absolute atomic E-state index is 11.2. The second kappa shape index (κ2) is 6.74. The lowest BCUT2D eigenvalue weighted by molar-refractivity contribution is 0.0697. The zero-order valence-electron chi connectivity index (χ0n) is 13.2. The number of fused-ring (bicyclic) bond motifs is 1. The molecule has 3 nitrogen and oxygen atoms in total. The van der Waals surface area contributed by atoms with Crippen molar-refractivity contribution in [3.63, 3.8) is 0 Å². The summed E-state index contributed by atoms with van der Waals surface area (Å²) in [4.78, 5) is 11.2. The molecule has 120 valence electrons. The Morgan fingerprint density at radius 1 is 1.27 bits per heavy atom. The van der Waals surface area contributed by atoms with Gasteiger partial charge in [-0.1, -0.05) is 25.3 Å². The zero-order chi connectivity index (χ0) is 15.0. The van der Waals surface area contributed by atoms with E-state index in [1.807, 2.05) is 12.1 Å². The van der Waals surface area contributed by atoms with Gasteiger partial charge >= 0.3 is 5.97 Å². The molecule has 1 saturated carbocycles. The van der Waals surface area contributed by atoms with Gasteiger partial charge in [-0.15, -0.1) is 12.4 Å². The predicted molar refractivity (Wildman–Crippen MR) is 92.2 cm³/mol. The van der Waals surface area contributed by atoms with E-state index in [9.17, 15) is 9.90 Å². The van der Waals surface area contributed by atoms with E-state index < -0.39 is 5.97 Å². The van der Waals surface area contributed by atoms with E-state index in [0.717, 1.165) is 5.52 Å². The quantitative estimate of drug-likeness (QED) is 0.843. The van der Waals surface area contributed by atoms with Gasteiger partial charge < -0.3 is 9.67 Å². The molecule has 0 spiro atoms. The van der Waals surface area contributed by atoms with Gasteiger partial charge in [0.15, 0.2) is 0 Å². The molecule has 4 heteroatoms. The Balaban J connectivity index is 0.00000176. The minimum Gasteiger partial charge on any atom is -0.478 e. The lowest BCUT2D eigenvalue weighted by Gasteiger charge is -2.29. The van der Waals surface area contributed by atoms with Crippen LogP contribution in [-0.2, 0) is 0 Å². The fourth-order valence-electron chi connectivity index (χ4n) is 3.74. The Morgan fingerprint density at radius 2 is 1.95 bits per heavy atom. The number of carbonyl (C=O) groups is 1. The molecule has 1 aromatic carbocycles. The Labute approximate surface area is 137 Å². The number of nitrogens with zero attached hydrogens (tertiary/aromatic N) is 1. The van der Waals surface area contributed by atoms with Gasteiger partial charge in [-0.05, 0) is 50.3 Å². The van der Waals surface area contributed by atoms with Crippen LogP contribution in [0.25, 0.3) is 10.9 Å². The highest BCUT2D eigenvalue weighted by Crippen LogP contribution is 2.35. The second-order valence-corrected chi connectivity index (χ2v) is 6.40. The molecule has 22 heavy (non-hydrogen) atoms. The number of halogens is 1. The van der Waals surface area contributed by atoms with Crippen molar-refractivity contribution in [3.05, 3.63) is 35.5 Å². The summed E-state index contributed by atoms with van der Waals surface area (Å²) in [6.45, 7) is 4.38. The van der Waals surface area contributed by atoms with Crippen LogP contribution in [0.15, 0.2) is 24.4 Å². The molecule has 0 saturated heterocycles. The number of hydrogen-bond donors (Lipinski definition) is 1. The summed E-state index contributed by atoms with van der Waals surface area (Å²) < 4.78 is 2.30. The van der Waals surface area contributed by atoms with Crippen molar-refractivity contribution < 1.29 is 9.90 Å². The van der Waals surface area contributed by atoms with E-state index >= 15 is 0 Å². The molecule has 1 atom stereocenters. The third-order valence-corrected chi connectivity index (χ3v) is 5.05. The van der Waals surface area contributed by atoms with Crippen molar-refractivity contribution in [3.8, 4) is 0 Å². The zero-order valence-corrected chi connectivity index (χ0v) is 14.0. The SMILES string of the molecule is Cc1cn(C(C)C2CCCCC2)c2cc(C(=O)O)ccc12.Cl. The highest BCUT2D eigenvalue weighted by Gasteiger charge is 2.23. The van der Waals surface area contributed by atoms with Gasteiger partial charge in [0, 0.05) is 23.1 Å². The van der Waals surface area contributed by atoms with E-state index in [1.54, 1.807) is 6.07 Å².